The summed E-state index contributed by atoms with van der Waals surface area (Å²) in [6.07, 6.45) is 3.63. The molecule has 0 spiro atoms. The van der Waals surface area contributed by atoms with Gasteiger partial charge in [0.1, 0.15) is 6.67 Å². The van der Waals surface area contributed by atoms with Gasteiger partial charge in [-0.3, -0.25) is 9.98 Å². The number of thiophene rings is 1. The monoisotopic (exact) mass is 532 g/mol. The van der Waals surface area contributed by atoms with E-state index in [9.17, 15) is 0 Å². The maximum absolute atomic E-state index is 6.75. The molecule has 0 fully saturated rings. The van der Waals surface area contributed by atoms with Gasteiger partial charge in [-0.2, -0.15) is 0 Å². The Morgan fingerprint density at radius 2 is 1.45 bits per heavy atom. The summed E-state index contributed by atoms with van der Waals surface area (Å²) in [5, 5.41) is 6.00. The SMILES string of the molecule is Nc1c(/C(=N\CN2c3cc4ccccc4cc3-c3cccc4cccc2c34)c2ccncc2)sc2ccccc12. The zero-order valence-corrected chi connectivity index (χ0v) is 22.4. The van der Waals surface area contributed by atoms with Crippen molar-refractivity contribution in [3.63, 3.8) is 0 Å². The highest BCUT2D eigenvalue weighted by Crippen LogP contribution is 2.48. The molecule has 0 saturated carbocycles. The highest BCUT2D eigenvalue weighted by Gasteiger charge is 2.25. The molecule has 1 aliphatic heterocycles. The van der Waals surface area contributed by atoms with Crippen LogP contribution in [0.25, 0.3) is 42.8 Å². The summed E-state index contributed by atoms with van der Waals surface area (Å²) in [6.45, 7) is 0.449. The fourth-order valence-electron chi connectivity index (χ4n) is 5.91. The Morgan fingerprint density at radius 3 is 2.27 bits per heavy atom. The van der Waals surface area contributed by atoms with Crippen LogP contribution >= 0.6 is 11.3 Å². The zero-order chi connectivity index (χ0) is 26.6. The van der Waals surface area contributed by atoms with Crippen molar-refractivity contribution in [1.29, 1.82) is 0 Å². The Hall–Kier alpha value is -5.00. The second-order valence-electron chi connectivity index (χ2n) is 10.1. The average Bonchev–Trinajstić information content (AvgIpc) is 3.34. The number of pyridine rings is 1. The summed E-state index contributed by atoms with van der Waals surface area (Å²) in [7, 11) is 0. The molecule has 5 aromatic carbocycles. The first-order valence-corrected chi connectivity index (χ1v) is 14.1. The smallest absolute Gasteiger partial charge is 0.115 e. The molecule has 0 bridgehead atoms. The number of benzene rings is 5. The fraction of sp³-hybridized carbons (Fsp3) is 0.0286. The Labute approximate surface area is 235 Å². The van der Waals surface area contributed by atoms with Gasteiger partial charge >= 0.3 is 0 Å². The van der Waals surface area contributed by atoms with Gasteiger partial charge in [-0.05, 0) is 58.1 Å². The van der Waals surface area contributed by atoms with Gasteiger partial charge in [-0.25, -0.2) is 0 Å². The van der Waals surface area contributed by atoms with Gasteiger partial charge in [0.05, 0.1) is 27.7 Å². The van der Waals surface area contributed by atoms with Crippen LogP contribution in [-0.4, -0.2) is 17.4 Å². The summed E-state index contributed by atoms with van der Waals surface area (Å²) in [5.41, 5.74) is 14.2. The van der Waals surface area contributed by atoms with Crippen molar-refractivity contribution in [3.05, 3.63) is 132 Å². The average molecular weight is 533 g/mol. The molecule has 8 rings (SSSR count). The Morgan fingerprint density at radius 1 is 0.725 bits per heavy atom. The van der Waals surface area contributed by atoms with Crippen LogP contribution in [0, 0.1) is 0 Å². The van der Waals surface area contributed by atoms with E-state index in [1.54, 1.807) is 11.3 Å². The summed E-state index contributed by atoms with van der Waals surface area (Å²) in [4.78, 5) is 12.9. The number of aromatic nitrogens is 1. The maximum atomic E-state index is 6.75. The van der Waals surface area contributed by atoms with Crippen molar-refractivity contribution in [2.24, 2.45) is 4.99 Å². The number of nitrogen functional groups attached to an aromatic ring is 1. The molecule has 7 aromatic rings. The molecule has 2 N–H and O–H groups in total. The molecule has 0 saturated heterocycles. The number of hydrogen-bond acceptors (Lipinski definition) is 5. The first-order chi connectivity index (χ1) is 19.8. The molecule has 0 atom stereocenters. The molecule has 4 nitrogen and oxygen atoms in total. The van der Waals surface area contributed by atoms with Crippen LogP contribution in [0.4, 0.5) is 17.1 Å². The third-order valence-electron chi connectivity index (χ3n) is 7.79. The lowest BCUT2D eigenvalue weighted by atomic mass is 9.90. The molecule has 0 radical (unpaired) electrons. The zero-order valence-electron chi connectivity index (χ0n) is 21.6. The van der Waals surface area contributed by atoms with E-state index in [1.165, 1.54) is 32.7 Å². The van der Waals surface area contributed by atoms with Crippen molar-refractivity contribution in [2.45, 2.75) is 0 Å². The summed E-state index contributed by atoms with van der Waals surface area (Å²) < 4.78 is 1.16. The Balaban J connectivity index is 1.35. The number of anilines is 3. The quantitative estimate of drug-likeness (QED) is 0.231. The predicted octanol–water partition coefficient (Wildman–Crippen LogP) is 8.80. The first kappa shape index (κ1) is 22.9. The van der Waals surface area contributed by atoms with Crippen LogP contribution in [0.5, 0.6) is 0 Å². The molecular weight excluding hydrogens is 508 g/mol. The largest absolute Gasteiger partial charge is 0.397 e. The van der Waals surface area contributed by atoms with Gasteiger partial charge in [0.2, 0.25) is 0 Å². The molecule has 40 heavy (non-hydrogen) atoms. The van der Waals surface area contributed by atoms with Gasteiger partial charge in [-0.15, -0.1) is 11.3 Å². The van der Waals surface area contributed by atoms with E-state index in [2.05, 4.69) is 101 Å². The maximum Gasteiger partial charge on any atom is 0.115 e. The molecule has 0 unspecified atom stereocenters. The number of nitrogens with two attached hydrogens (primary N) is 1. The van der Waals surface area contributed by atoms with Gasteiger partial charge in [0, 0.05) is 39.0 Å². The summed E-state index contributed by atoms with van der Waals surface area (Å²) in [6, 6.07) is 38.6. The fourth-order valence-corrected chi connectivity index (χ4v) is 7.06. The number of nitrogens with zero attached hydrogens (tertiary/aromatic N) is 3. The van der Waals surface area contributed by atoms with E-state index >= 15 is 0 Å². The van der Waals surface area contributed by atoms with Crippen LogP contribution in [-0.2, 0) is 0 Å². The molecule has 3 heterocycles. The first-order valence-electron chi connectivity index (χ1n) is 13.3. The second-order valence-corrected chi connectivity index (χ2v) is 11.1. The number of fused-ring (bicyclic) bond motifs is 4. The molecule has 5 heteroatoms. The normalized spacial score (nSPS) is 12.8. The van der Waals surface area contributed by atoms with Gasteiger partial charge in [-0.1, -0.05) is 72.8 Å². The predicted molar refractivity (Wildman–Crippen MR) is 170 cm³/mol. The molecular formula is C35H24N4S. The van der Waals surface area contributed by atoms with Crippen LogP contribution < -0.4 is 10.6 Å². The summed E-state index contributed by atoms with van der Waals surface area (Å²) >= 11 is 1.69. The lowest BCUT2D eigenvalue weighted by molar-refractivity contribution is 0.986. The minimum absolute atomic E-state index is 0.449. The Kier molecular flexibility index (Phi) is 5.18. The van der Waals surface area contributed by atoms with Crippen LogP contribution in [0.15, 0.2) is 127 Å². The van der Waals surface area contributed by atoms with Crippen molar-refractivity contribution >= 4 is 65.7 Å². The van der Waals surface area contributed by atoms with Crippen molar-refractivity contribution < 1.29 is 0 Å². The standard InChI is InChI=1S/C35H24N4S/c36-33-27-11-3-4-14-31(27)40-35(33)34(23-15-17-37-18-16-23)38-21-39-29-13-6-10-22-9-5-12-26(32(22)29)28-19-24-7-1-2-8-25(24)20-30(28)39/h1-20H,21,36H2/b38-34-. The van der Waals surface area contributed by atoms with E-state index in [0.717, 1.165) is 43.3 Å². The van der Waals surface area contributed by atoms with Gasteiger partial charge in [0.25, 0.3) is 0 Å². The third-order valence-corrected chi connectivity index (χ3v) is 8.98. The van der Waals surface area contributed by atoms with E-state index in [1.807, 2.05) is 30.6 Å². The van der Waals surface area contributed by atoms with Crippen LogP contribution in [0.2, 0.25) is 0 Å². The van der Waals surface area contributed by atoms with E-state index in [-0.39, 0.29) is 0 Å². The second kappa shape index (κ2) is 9.04. The van der Waals surface area contributed by atoms with Crippen molar-refractivity contribution in [2.75, 3.05) is 17.3 Å². The minimum Gasteiger partial charge on any atom is -0.397 e. The van der Waals surface area contributed by atoms with E-state index < -0.39 is 0 Å². The lowest BCUT2D eigenvalue weighted by Gasteiger charge is -2.33. The van der Waals surface area contributed by atoms with Crippen LogP contribution in [0.3, 0.4) is 0 Å². The highest BCUT2D eigenvalue weighted by molar-refractivity contribution is 7.21. The van der Waals surface area contributed by atoms with E-state index in [0.29, 0.717) is 6.67 Å². The topological polar surface area (TPSA) is 54.5 Å². The van der Waals surface area contributed by atoms with Crippen molar-refractivity contribution in [1.82, 2.24) is 4.98 Å². The third kappa shape index (κ3) is 3.52. The number of hydrogen-bond donors (Lipinski definition) is 1. The molecule has 190 valence electrons. The molecule has 0 aliphatic carbocycles. The van der Waals surface area contributed by atoms with Gasteiger partial charge < -0.3 is 10.6 Å². The Bertz CT molecular complexity index is 2100. The van der Waals surface area contributed by atoms with E-state index in [4.69, 9.17) is 10.7 Å². The molecule has 0 amide bonds. The number of rotatable bonds is 4. The molecule has 2 aromatic heterocycles. The minimum atomic E-state index is 0.449. The van der Waals surface area contributed by atoms with Crippen LogP contribution in [0.1, 0.15) is 10.4 Å². The highest BCUT2D eigenvalue weighted by atomic mass is 32.1. The van der Waals surface area contributed by atoms with Gasteiger partial charge in [0.15, 0.2) is 0 Å². The lowest BCUT2D eigenvalue weighted by Crippen LogP contribution is -2.22. The molecule has 1 aliphatic rings. The summed E-state index contributed by atoms with van der Waals surface area (Å²) in [5.74, 6) is 0. The van der Waals surface area contributed by atoms with Crippen molar-refractivity contribution in [3.8, 4) is 11.1 Å². The number of aliphatic imine (C=N–C) groups is 1.